The van der Waals surface area contributed by atoms with Gasteiger partial charge < -0.3 is 20.3 Å². The SMILES string of the molecule is CN1CCC(=O)NCC#Cc2cccc3[nH]c(O)c(c23)C=Nc2cccc(c2)S(=O)(=O)N(C)CC1=O. The molecular formula is C25H25N5O5S. The molecule has 36 heavy (non-hydrogen) atoms. The Kier molecular flexibility index (Phi) is 7.10. The number of aliphatic imine (C=N–C) groups is 1. The number of hydrogen-bond acceptors (Lipinski definition) is 6. The smallest absolute Gasteiger partial charge is 0.243 e. The largest absolute Gasteiger partial charge is 0.494 e. The molecule has 0 saturated carbocycles. The highest BCUT2D eigenvalue weighted by Gasteiger charge is 2.25. The van der Waals surface area contributed by atoms with Crippen LogP contribution in [0.2, 0.25) is 0 Å². The first-order valence-electron chi connectivity index (χ1n) is 11.1. The lowest BCUT2D eigenvalue weighted by atomic mass is 10.1. The number of nitrogens with one attached hydrogen (secondary N) is 2. The van der Waals surface area contributed by atoms with Gasteiger partial charge in [-0.15, -0.1) is 0 Å². The van der Waals surface area contributed by atoms with E-state index in [2.05, 4.69) is 27.1 Å². The van der Waals surface area contributed by atoms with Crippen LogP contribution in [0.1, 0.15) is 17.5 Å². The van der Waals surface area contributed by atoms with Crippen LogP contribution in [0.5, 0.6) is 5.88 Å². The molecule has 4 rings (SSSR count). The highest BCUT2D eigenvalue weighted by atomic mass is 32.2. The Bertz CT molecular complexity index is 1530. The molecule has 2 heterocycles. The number of fused-ring (bicyclic) bond motifs is 2. The number of carbonyl (C=O) groups is 2. The second kappa shape index (κ2) is 10.2. The normalized spacial score (nSPS) is 17.3. The molecule has 10 nitrogen and oxygen atoms in total. The third-order valence-electron chi connectivity index (χ3n) is 5.77. The Morgan fingerprint density at radius 2 is 1.89 bits per heavy atom. The van der Waals surface area contributed by atoms with Gasteiger partial charge in [0, 0.05) is 44.2 Å². The van der Waals surface area contributed by atoms with E-state index < -0.39 is 15.9 Å². The van der Waals surface area contributed by atoms with Crippen molar-refractivity contribution in [2.45, 2.75) is 11.3 Å². The van der Waals surface area contributed by atoms with Crippen LogP contribution < -0.4 is 5.32 Å². The van der Waals surface area contributed by atoms with E-state index in [4.69, 9.17) is 0 Å². The van der Waals surface area contributed by atoms with Crippen molar-refractivity contribution < 1.29 is 23.1 Å². The summed E-state index contributed by atoms with van der Waals surface area (Å²) in [5.41, 5.74) is 2.02. The second-order valence-corrected chi connectivity index (χ2v) is 10.3. The first-order chi connectivity index (χ1) is 17.2. The molecule has 1 aliphatic rings. The zero-order valence-corrected chi connectivity index (χ0v) is 20.6. The molecule has 0 spiro atoms. The van der Waals surface area contributed by atoms with Crippen molar-refractivity contribution >= 4 is 44.6 Å². The summed E-state index contributed by atoms with van der Waals surface area (Å²) in [5, 5.41) is 13.8. The molecule has 0 unspecified atom stereocenters. The predicted octanol–water partition coefficient (Wildman–Crippen LogP) is 1.57. The monoisotopic (exact) mass is 507 g/mol. The van der Waals surface area contributed by atoms with Gasteiger partial charge in [0.05, 0.1) is 34.8 Å². The molecule has 0 fully saturated rings. The maximum Gasteiger partial charge on any atom is 0.243 e. The standard InChI is InChI=1S/C25H25N5O5S/c1-29-13-11-22(31)26-12-5-7-17-6-3-10-21-24(17)20(25(33)28-21)15-27-18-8-4-9-19(14-18)36(34,35)30(2)16-23(29)32/h3-4,6,8-10,14-15,28,33H,11-13,16H2,1-2H3,(H,26,31). The molecule has 0 aliphatic carbocycles. The molecule has 0 saturated heterocycles. The lowest BCUT2D eigenvalue weighted by Crippen LogP contribution is -2.40. The van der Waals surface area contributed by atoms with Crippen molar-refractivity contribution in [1.82, 2.24) is 19.5 Å². The summed E-state index contributed by atoms with van der Waals surface area (Å²) < 4.78 is 27.1. The van der Waals surface area contributed by atoms with Gasteiger partial charge in [-0.1, -0.05) is 24.0 Å². The summed E-state index contributed by atoms with van der Waals surface area (Å²) in [5.74, 6) is 5.09. The Morgan fingerprint density at radius 3 is 2.69 bits per heavy atom. The van der Waals surface area contributed by atoms with Gasteiger partial charge in [0.15, 0.2) is 5.88 Å². The minimum Gasteiger partial charge on any atom is -0.494 e. The van der Waals surface area contributed by atoms with Crippen LogP contribution in [0.3, 0.4) is 0 Å². The molecule has 3 aromatic rings. The van der Waals surface area contributed by atoms with E-state index in [1.54, 1.807) is 30.3 Å². The van der Waals surface area contributed by atoms with E-state index >= 15 is 0 Å². The van der Waals surface area contributed by atoms with E-state index in [-0.39, 0.29) is 42.7 Å². The number of aromatic nitrogens is 1. The van der Waals surface area contributed by atoms with Gasteiger partial charge in [-0.2, -0.15) is 4.31 Å². The summed E-state index contributed by atoms with van der Waals surface area (Å²) in [6.45, 7) is -0.159. The molecule has 1 aliphatic heterocycles. The van der Waals surface area contributed by atoms with Crippen molar-refractivity contribution in [2.75, 3.05) is 33.7 Å². The van der Waals surface area contributed by atoms with Crippen molar-refractivity contribution in [2.24, 2.45) is 4.99 Å². The number of likely N-dealkylation sites (N-methyl/N-ethyl adjacent to an activating group) is 2. The number of nitrogens with zero attached hydrogens (tertiary/aromatic N) is 3. The fourth-order valence-corrected chi connectivity index (χ4v) is 4.85. The highest BCUT2D eigenvalue weighted by Crippen LogP contribution is 2.29. The average molecular weight is 508 g/mol. The summed E-state index contributed by atoms with van der Waals surface area (Å²) in [7, 11) is -1.15. The zero-order valence-electron chi connectivity index (χ0n) is 19.8. The number of hydrogen-bond donors (Lipinski definition) is 3. The van der Waals surface area contributed by atoms with Gasteiger partial charge >= 0.3 is 0 Å². The van der Waals surface area contributed by atoms with Crippen molar-refractivity contribution in [3.63, 3.8) is 0 Å². The summed E-state index contributed by atoms with van der Waals surface area (Å²) in [6, 6.07) is 11.4. The number of carbonyl (C=O) groups excluding carboxylic acids is 2. The van der Waals surface area contributed by atoms with E-state index in [9.17, 15) is 23.1 Å². The maximum atomic E-state index is 13.1. The van der Waals surface area contributed by atoms with Gasteiger partial charge in [-0.25, -0.2) is 8.42 Å². The number of sulfonamides is 1. The molecule has 0 radical (unpaired) electrons. The molecule has 3 N–H and O–H groups in total. The molecule has 0 atom stereocenters. The number of aromatic hydroxyl groups is 1. The van der Waals surface area contributed by atoms with Gasteiger partial charge in [-0.05, 0) is 30.3 Å². The Balaban J connectivity index is 1.79. The van der Waals surface area contributed by atoms with Crippen molar-refractivity contribution in [1.29, 1.82) is 0 Å². The van der Waals surface area contributed by atoms with Gasteiger partial charge in [0.2, 0.25) is 21.8 Å². The Morgan fingerprint density at radius 1 is 1.11 bits per heavy atom. The predicted molar refractivity (Wildman–Crippen MR) is 136 cm³/mol. The topological polar surface area (TPSA) is 135 Å². The van der Waals surface area contributed by atoms with E-state index in [1.807, 2.05) is 0 Å². The van der Waals surface area contributed by atoms with Crippen LogP contribution >= 0.6 is 0 Å². The molecule has 11 heteroatoms. The van der Waals surface area contributed by atoms with Crippen LogP contribution in [0, 0.1) is 11.8 Å². The highest BCUT2D eigenvalue weighted by molar-refractivity contribution is 7.89. The van der Waals surface area contributed by atoms with E-state index in [0.29, 0.717) is 27.7 Å². The first-order valence-corrected chi connectivity index (χ1v) is 12.5. The van der Waals surface area contributed by atoms with Crippen LogP contribution in [0.25, 0.3) is 10.9 Å². The lowest BCUT2D eigenvalue weighted by Gasteiger charge is -2.21. The molecule has 1 aromatic heterocycles. The van der Waals surface area contributed by atoms with Crippen LogP contribution in [0.4, 0.5) is 5.69 Å². The van der Waals surface area contributed by atoms with E-state index in [0.717, 1.165) is 4.31 Å². The molecule has 2 bridgehead atoms. The van der Waals surface area contributed by atoms with Gasteiger partial charge in [0.25, 0.3) is 0 Å². The maximum absolute atomic E-state index is 13.1. The fourth-order valence-electron chi connectivity index (χ4n) is 3.69. The quantitative estimate of drug-likeness (QED) is 0.397. The summed E-state index contributed by atoms with van der Waals surface area (Å²) >= 11 is 0. The minimum absolute atomic E-state index is 0.0291. The Hall–Kier alpha value is -4.14. The first kappa shape index (κ1) is 25.0. The Labute approximate surface area is 208 Å². The zero-order chi connectivity index (χ0) is 25.9. The van der Waals surface area contributed by atoms with E-state index in [1.165, 1.54) is 37.3 Å². The molecular weight excluding hydrogens is 482 g/mol. The third kappa shape index (κ3) is 5.25. The van der Waals surface area contributed by atoms with Gasteiger partial charge in [-0.3, -0.25) is 14.6 Å². The fraction of sp³-hybridized carbons (Fsp3) is 0.240. The average Bonchev–Trinajstić information content (AvgIpc) is 3.18. The van der Waals surface area contributed by atoms with Crippen LogP contribution in [0.15, 0.2) is 52.4 Å². The number of H-pyrrole nitrogens is 1. The number of amides is 2. The second-order valence-electron chi connectivity index (χ2n) is 8.28. The summed E-state index contributed by atoms with van der Waals surface area (Å²) in [6.07, 6.45) is 1.48. The minimum atomic E-state index is -3.98. The van der Waals surface area contributed by atoms with Crippen molar-refractivity contribution in [3.8, 4) is 17.7 Å². The lowest BCUT2D eigenvalue weighted by molar-refractivity contribution is -0.130. The van der Waals surface area contributed by atoms with Crippen LogP contribution in [-0.2, 0) is 19.6 Å². The third-order valence-corrected chi connectivity index (χ3v) is 7.56. The number of aromatic amines is 1. The molecule has 2 aromatic carbocycles. The van der Waals surface area contributed by atoms with Crippen molar-refractivity contribution in [3.05, 3.63) is 53.6 Å². The number of benzene rings is 2. The van der Waals surface area contributed by atoms with Crippen LogP contribution in [-0.4, -0.2) is 79.5 Å². The molecule has 2 amide bonds. The molecule has 186 valence electrons. The van der Waals surface area contributed by atoms with Gasteiger partial charge in [0.1, 0.15) is 0 Å². The summed E-state index contributed by atoms with van der Waals surface area (Å²) in [4.78, 5) is 33.3. The number of rotatable bonds is 0.